The largest absolute Gasteiger partial charge is 0.493 e. The van der Waals surface area contributed by atoms with Crippen molar-refractivity contribution < 1.29 is 4.74 Å². The molecule has 0 aliphatic carbocycles. The average Bonchev–Trinajstić information content (AvgIpc) is 2.09. The molecule has 0 aromatic heterocycles. The Bertz CT molecular complexity index is 284. The standard InChI is InChI=1S/C12H19NO/c1-9-7-10(2)12(11(3)8-9)14-6-4-5-13/h7-8H,4-6,13H2,1-3H3. The quantitative estimate of drug-likeness (QED) is 0.745. The number of hydrogen-bond acceptors (Lipinski definition) is 2. The smallest absolute Gasteiger partial charge is 0.125 e. The van der Waals surface area contributed by atoms with Crippen molar-refractivity contribution in [2.75, 3.05) is 13.2 Å². The second-order valence-corrected chi connectivity index (χ2v) is 3.72. The molecule has 0 saturated carbocycles. The minimum absolute atomic E-state index is 0.684. The summed E-state index contributed by atoms with van der Waals surface area (Å²) in [6.07, 6.45) is 0.909. The van der Waals surface area contributed by atoms with E-state index in [1.54, 1.807) is 0 Å². The Labute approximate surface area is 86.1 Å². The van der Waals surface area contributed by atoms with Gasteiger partial charge in [0.1, 0.15) is 5.75 Å². The van der Waals surface area contributed by atoms with E-state index in [9.17, 15) is 0 Å². The van der Waals surface area contributed by atoms with Gasteiger partial charge in [-0.15, -0.1) is 0 Å². The molecule has 0 amide bonds. The SMILES string of the molecule is Cc1cc(C)c(OCCCN)c(C)c1. The van der Waals surface area contributed by atoms with E-state index in [0.29, 0.717) is 13.2 Å². The maximum atomic E-state index is 5.68. The van der Waals surface area contributed by atoms with Crippen LogP contribution in [0.2, 0.25) is 0 Å². The lowest BCUT2D eigenvalue weighted by Crippen LogP contribution is -2.07. The molecule has 2 heteroatoms. The monoisotopic (exact) mass is 193 g/mol. The van der Waals surface area contributed by atoms with Crippen LogP contribution >= 0.6 is 0 Å². The van der Waals surface area contributed by atoms with E-state index in [1.807, 2.05) is 0 Å². The van der Waals surface area contributed by atoms with E-state index in [4.69, 9.17) is 10.5 Å². The van der Waals surface area contributed by atoms with Crippen molar-refractivity contribution in [3.8, 4) is 5.75 Å². The fourth-order valence-electron chi connectivity index (χ4n) is 1.65. The predicted octanol–water partition coefficient (Wildman–Crippen LogP) is 2.34. The highest BCUT2D eigenvalue weighted by atomic mass is 16.5. The van der Waals surface area contributed by atoms with E-state index >= 15 is 0 Å². The fourth-order valence-corrected chi connectivity index (χ4v) is 1.65. The Morgan fingerprint density at radius 3 is 2.21 bits per heavy atom. The van der Waals surface area contributed by atoms with Gasteiger partial charge in [-0.05, 0) is 44.9 Å². The molecule has 78 valence electrons. The normalized spacial score (nSPS) is 10.3. The zero-order chi connectivity index (χ0) is 10.6. The van der Waals surface area contributed by atoms with Crippen LogP contribution < -0.4 is 10.5 Å². The van der Waals surface area contributed by atoms with Crippen LogP contribution in [0.5, 0.6) is 5.75 Å². The Kier molecular flexibility index (Phi) is 3.96. The first-order valence-corrected chi connectivity index (χ1v) is 5.06. The molecule has 0 atom stereocenters. The van der Waals surface area contributed by atoms with Crippen LogP contribution in [0, 0.1) is 20.8 Å². The average molecular weight is 193 g/mol. The third-order valence-electron chi connectivity index (χ3n) is 2.20. The van der Waals surface area contributed by atoms with Gasteiger partial charge in [-0.25, -0.2) is 0 Å². The number of rotatable bonds is 4. The summed E-state index contributed by atoms with van der Waals surface area (Å²) in [6, 6.07) is 4.29. The fraction of sp³-hybridized carbons (Fsp3) is 0.500. The topological polar surface area (TPSA) is 35.2 Å². The van der Waals surface area contributed by atoms with Gasteiger partial charge in [0.15, 0.2) is 0 Å². The Balaban J connectivity index is 2.75. The second kappa shape index (κ2) is 5.01. The van der Waals surface area contributed by atoms with Gasteiger partial charge in [0.05, 0.1) is 6.61 Å². The minimum atomic E-state index is 0.684. The molecule has 2 nitrogen and oxygen atoms in total. The number of ether oxygens (including phenoxy) is 1. The zero-order valence-corrected chi connectivity index (χ0v) is 9.26. The maximum absolute atomic E-state index is 5.68. The van der Waals surface area contributed by atoms with E-state index in [0.717, 1.165) is 12.2 Å². The summed E-state index contributed by atoms with van der Waals surface area (Å²) in [5, 5.41) is 0. The zero-order valence-electron chi connectivity index (χ0n) is 9.26. The highest BCUT2D eigenvalue weighted by Gasteiger charge is 2.03. The Hall–Kier alpha value is -1.02. The first-order valence-electron chi connectivity index (χ1n) is 5.06. The van der Waals surface area contributed by atoms with Gasteiger partial charge in [0, 0.05) is 0 Å². The Morgan fingerprint density at radius 2 is 1.71 bits per heavy atom. The van der Waals surface area contributed by atoms with Crippen molar-refractivity contribution in [1.29, 1.82) is 0 Å². The molecule has 1 aromatic carbocycles. The summed E-state index contributed by atoms with van der Waals surface area (Å²) in [5.41, 5.74) is 9.11. The maximum Gasteiger partial charge on any atom is 0.125 e. The molecule has 0 saturated heterocycles. The Morgan fingerprint density at radius 1 is 1.14 bits per heavy atom. The van der Waals surface area contributed by atoms with Gasteiger partial charge < -0.3 is 10.5 Å². The molecule has 0 heterocycles. The number of nitrogens with two attached hydrogens (primary N) is 1. The molecule has 0 fully saturated rings. The van der Waals surface area contributed by atoms with Crippen LogP contribution in [0.25, 0.3) is 0 Å². The third kappa shape index (κ3) is 2.74. The lowest BCUT2D eigenvalue weighted by atomic mass is 10.1. The second-order valence-electron chi connectivity index (χ2n) is 3.72. The number of hydrogen-bond donors (Lipinski definition) is 1. The van der Waals surface area contributed by atoms with Crippen molar-refractivity contribution in [3.05, 3.63) is 28.8 Å². The molecule has 1 aromatic rings. The van der Waals surface area contributed by atoms with E-state index < -0.39 is 0 Å². The molecule has 1 rings (SSSR count). The van der Waals surface area contributed by atoms with E-state index in [2.05, 4.69) is 32.9 Å². The summed E-state index contributed by atoms with van der Waals surface area (Å²) in [7, 11) is 0. The lowest BCUT2D eigenvalue weighted by molar-refractivity contribution is 0.309. The summed E-state index contributed by atoms with van der Waals surface area (Å²) in [4.78, 5) is 0. The molecular formula is C12H19NO. The van der Waals surface area contributed by atoms with Crippen LogP contribution in [0.4, 0.5) is 0 Å². The minimum Gasteiger partial charge on any atom is -0.493 e. The molecule has 2 N–H and O–H groups in total. The molecule has 0 aliphatic rings. The van der Waals surface area contributed by atoms with Crippen molar-refractivity contribution in [3.63, 3.8) is 0 Å². The molecule has 14 heavy (non-hydrogen) atoms. The number of benzene rings is 1. The van der Waals surface area contributed by atoms with Crippen molar-refractivity contribution in [2.45, 2.75) is 27.2 Å². The molecule has 0 radical (unpaired) electrons. The van der Waals surface area contributed by atoms with Gasteiger partial charge in [0.2, 0.25) is 0 Å². The molecule has 0 unspecified atom stereocenters. The summed E-state index contributed by atoms with van der Waals surface area (Å²) in [5.74, 6) is 1.02. The van der Waals surface area contributed by atoms with Crippen molar-refractivity contribution >= 4 is 0 Å². The van der Waals surface area contributed by atoms with Crippen LogP contribution in [-0.2, 0) is 0 Å². The summed E-state index contributed by atoms with van der Waals surface area (Å²) in [6.45, 7) is 7.66. The molecule has 0 bridgehead atoms. The van der Waals surface area contributed by atoms with Gasteiger partial charge in [0.25, 0.3) is 0 Å². The molecule has 0 aliphatic heterocycles. The van der Waals surface area contributed by atoms with Crippen LogP contribution in [-0.4, -0.2) is 13.2 Å². The molecule has 0 spiro atoms. The van der Waals surface area contributed by atoms with Gasteiger partial charge in [-0.2, -0.15) is 0 Å². The van der Waals surface area contributed by atoms with Crippen molar-refractivity contribution in [1.82, 2.24) is 0 Å². The van der Waals surface area contributed by atoms with E-state index in [1.165, 1.54) is 16.7 Å². The number of aryl methyl sites for hydroxylation is 3. The van der Waals surface area contributed by atoms with Crippen LogP contribution in [0.3, 0.4) is 0 Å². The van der Waals surface area contributed by atoms with Crippen molar-refractivity contribution in [2.24, 2.45) is 5.73 Å². The highest BCUT2D eigenvalue weighted by molar-refractivity contribution is 5.42. The van der Waals surface area contributed by atoms with Gasteiger partial charge in [-0.1, -0.05) is 17.7 Å². The predicted molar refractivity (Wildman–Crippen MR) is 59.8 cm³/mol. The first kappa shape index (κ1) is 11.1. The van der Waals surface area contributed by atoms with Crippen LogP contribution in [0.1, 0.15) is 23.1 Å². The summed E-state index contributed by atoms with van der Waals surface area (Å²) < 4.78 is 5.68. The van der Waals surface area contributed by atoms with Gasteiger partial charge >= 0.3 is 0 Å². The van der Waals surface area contributed by atoms with Crippen LogP contribution in [0.15, 0.2) is 12.1 Å². The molecular weight excluding hydrogens is 174 g/mol. The summed E-state index contributed by atoms with van der Waals surface area (Å²) >= 11 is 0. The van der Waals surface area contributed by atoms with Gasteiger partial charge in [-0.3, -0.25) is 0 Å². The lowest BCUT2D eigenvalue weighted by Gasteiger charge is -2.12. The van der Waals surface area contributed by atoms with E-state index in [-0.39, 0.29) is 0 Å². The third-order valence-corrected chi connectivity index (χ3v) is 2.20. The highest BCUT2D eigenvalue weighted by Crippen LogP contribution is 2.24. The first-order chi connectivity index (χ1) is 6.65.